The minimum Gasteiger partial charge on any atom is -0.339 e. The van der Waals surface area contributed by atoms with Gasteiger partial charge in [0.05, 0.1) is 22.5 Å². The van der Waals surface area contributed by atoms with Gasteiger partial charge in [-0.1, -0.05) is 111 Å². The van der Waals surface area contributed by atoms with E-state index in [1.807, 2.05) is 84.4 Å². The van der Waals surface area contributed by atoms with Gasteiger partial charge in [0.1, 0.15) is 5.69 Å². The summed E-state index contributed by atoms with van der Waals surface area (Å²) in [5.41, 5.74) is 5.34. The van der Waals surface area contributed by atoms with Gasteiger partial charge in [0.2, 0.25) is 0 Å². The Morgan fingerprint density at radius 1 is 0.892 bits per heavy atom. The van der Waals surface area contributed by atoms with Crippen LogP contribution in [0.2, 0.25) is 0 Å². The third-order valence-corrected chi connectivity index (χ3v) is 6.73. The van der Waals surface area contributed by atoms with Gasteiger partial charge in [0.25, 0.3) is 5.91 Å². The molecule has 0 aliphatic rings. The number of hydrogen-bond acceptors (Lipinski definition) is 2. The number of carbonyl (C=O) groups is 1. The second-order valence-electron chi connectivity index (χ2n) is 9.14. The summed E-state index contributed by atoms with van der Waals surface area (Å²) in [5, 5.41) is 8.42. The van der Waals surface area contributed by atoms with Gasteiger partial charge >= 0.3 is 0 Å². The molecule has 0 radical (unpaired) electrons. The Morgan fingerprint density at radius 3 is 1.92 bits per heavy atom. The summed E-state index contributed by atoms with van der Waals surface area (Å²) in [7, 11) is 0. The second-order valence-corrected chi connectivity index (χ2v) is 9.14. The lowest BCUT2D eigenvalue weighted by atomic mass is 9.84. The van der Waals surface area contributed by atoms with E-state index >= 15 is 0 Å². The molecule has 1 aromatic heterocycles. The predicted octanol–water partition coefficient (Wildman–Crippen LogP) is 7.50. The van der Waals surface area contributed by atoms with E-state index in [-0.39, 0.29) is 5.91 Å². The highest BCUT2D eigenvalue weighted by Gasteiger charge is 2.34. The highest BCUT2D eigenvalue weighted by atomic mass is 16.1. The summed E-state index contributed by atoms with van der Waals surface area (Å²) >= 11 is 0. The van der Waals surface area contributed by atoms with Crippen molar-refractivity contribution in [1.29, 1.82) is 0 Å². The summed E-state index contributed by atoms with van der Waals surface area (Å²) < 4.78 is 1.91. The maximum absolute atomic E-state index is 14.3. The van der Waals surface area contributed by atoms with Crippen LogP contribution in [0.4, 0.5) is 0 Å². The first-order valence-electron chi connectivity index (χ1n) is 13.0. The van der Waals surface area contributed by atoms with E-state index in [0.29, 0.717) is 17.7 Å². The first kappa shape index (κ1) is 25.9. The molecule has 0 bridgehead atoms. The topological polar surface area (TPSA) is 46.9 Å². The van der Waals surface area contributed by atoms with Crippen molar-refractivity contribution in [3.8, 4) is 5.69 Å². The lowest BCUT2D eigenvalue weighted by Gasteiger charge is -2.32. The number of hydrogen-bond donors (Lipinski definition) is 1. The van der Waals surface area contributed by atoms with Crippen molar-refractivity contribution >= 4 is 11.5 Å². The van der Waals surface area contributed by atoms with Crippen molar-refractivity contribution in [3.05, 3.63) is 137 Å². The Morgan fingerprint density at radius 2 is 1.43 bits per heavy atom. The molecule has 0 atom stereocenters. The minimum atomic E-state index is -0.730. The van der Waals surface area contributed by atoms with Gasteiger partial charge in [-0.25, -0.2) is 4.68 Å². The Labute approximate surface area is 220 Å². The fourth-order valence-electron chi connectivity index (χ4n) is 4.70. The molecule has 4 heteroatoms. The molecular weight excluding hydrogens is 454 g/mol. The van der Waals surface area contributed by atoms with Gasteiger partial charge < -0.3 is 5.32 Å². The van der Waals surface area contributed by atoms with Gasteiger partial charge in [-0.3, -0.25) is 4.79 Å². The quantitative estimate of drug-likeness (QED) is 0.248. The van der Waals surface area contributed by atoms with E-state index in [1.54, 1.807) is 0 Å². The summed E-state index contributed by atoms with van der Waals surface area (Å²) in [4.78, 5) is 14.3. The molecule has 0 unspecified atom stereocenters. The minimum absolute atomic E-state index is 0.145. The summed E-state index contributed by atoms with van der Waals surface area (Å²) in [6.07, 6.45) is 7.74. The molecule has 0 spiro atoms. The van der Waals surface area contributed by atoms with E-state index in [2.05, 4.69) is 62.5 Å². The highest BCUT2D eigenvalue weighted by molar-refractivity contribution is 6.01. The number of carbonyl (C=O) groups excluding carboxylic acids is 1. The predicted molar refractivity (Wildman–Crippen MR) is 153 cm³/mol. The molecule has 0 saturated heterocycles. The molecule has 0 aliphatic heterocycles. The third kappa shape index (κ3) is 5.34. The number of nitrogens with one attached hydrogen (secondary N) is 1. The van der Waals surface area contributed by atoms with Crippen LogP contribution < -0.4 is 5.32 Å². The van der Waals surface area contributed by atoms with Crippen LogP contribution in [0.25, 0.3) is 11.3 Å². The highest BCUT2D eigenvalue weighted by Crippen LogP contribution is 2.32. The summed E-state index contributed by atoms with van der Waals surface area (Å²) in [6, 6.07) is 30.3. The Balaban J connectivity index is 1.90. The summed E-state index contributed by atoms with van der Waals surface area (Å²) in [6.45, 7) is 8.22. The fourth-order valence-corrected chi connectivity index (χ4v) is 4.70. The SMILES string of the molecule is C/C=C(\C=C/CC)c1nn(-c2ccccc2)c(CC)c1C(=O)NC(C)(c1ccccc1)c1ccccc1. The zero-order valence-corrected chi connectivity index (χ0v) is 22.1. The number of rotatable bonds is 9. The first-order valence-corrected chi connectivity index (χ1v) is 13.0. The van der Waals surface area contributed by atoms with Crippen molar-refractivity contribution in [1.82, 2.24) is 15.1 Å². The van der Waals surface area contributed by atoms with Crippen molar-refractivity contribution < 1.29 is 4.79 Å². The maximum atomic E-state index is 14.3. The van der Waals surface area contributed by atoms with Gasteiger partial charge in [-0.05, 0) is 55.5 Å². The molecular formula is C33H35N3O. The standard InChI is InChI=1S/C33H35N3O/c1-5-8-18-25(6-2)31-30(29(7-3)36(35-31)28-23-16-11-17-24-28)32(37)34-33(4,26-19-12-9-13-20-26)27-21-14-10-15-22-27/h6,8-24H,5,7H2,1-4H3,(H,34,37)/b18-8-,25-6+. The number of allylic oxidation sites excluding steroid dienone is 4. The molecule has 188 valence electrons. The van der Waals surface area contributed by atoms with E-state index in [9.17, 15) is 4.79 Å². The van der Waals surface area contributed by atoms with Crippen LogP contribution in [0, 0.1) is 0 Å². The Kier molecular flexibility index (Phi) is 8.19. The fraction of sp³-hybridized carbons (Fsp3) is 0.212. The lowest BCUT2D eigenvalue weighted by Crippen LogP contribution is -2.44. The average Bonchev–Trinajstić information content (AvgIpc) is 3.34. The van der Waals surface area contributed by atoms with Crippen molar-refractivity contribution in [3.63, 3.8) is 0 Å². The van der Waals surface area contributed by atoms with Crippen LogP contribution in [0.1, 0.15) is 67.0 Å². The number of nitrogens with zero attached hydrogens (tertiary/aromatic N) is 2. The molecule has 0 fully saturated rings. The largest absolute Gasteiger partial charge is 0.339 e. The van der Waals surface area contributed by atoms with Crippen LogP contribution >= 0.6 is 0 Å². The van der Waals surface area contributed by atoms with Gasteiger partial charge in [0.15, 0.2) is 0 Å². The number of para-hydroxylation sites is 1. The van der Waals surface area contributed by atoms with Crippen molar-refractivity contribution in [2.45, 2.75) is 46.1 Å². The van der Waals surface area contributed by atoms with Crippen LogP contribution in [0.5, 0.6) is 0 Å². The Bertz CT molecular complexity index is 1340. The maximum Gasteiger partial charge on any atom is 0.256 e. The molecule has 37 heavy (non-hydrogen) atoms. The smallest absolute Gasteiger partial charge is 0.256 e. The molecule has 4 rings (SSSR count). The van der Waals surface area contributed by atoms with Crippen LogP contribution in [-0.4, -0.2) is 15.7 Å². The second kappa shape index (κ2) is 11.7. The van der Waals surface area contributed by atoms with Crippen LogP contribution in [0.3, 0.4) is 0 Å². The Hall–Kier alpha value is -4.18. The van der Waals surface area contributed by atoms with E-state index in [4.69, 9.17) is 5.10 Å². The lowest BCUT2D eigenvalue weighted by molar-refractivity contribution is 0.0917. The van der Waals surface area contributed by atoms with E-state index in [1.165, 1.54) is 0 Å². The molecule has 0 aliphatic carbocycles. The third-order valence-electron chi connectivity index (χ3n) is 6.73. The van der Waals surface area contributed by atoms with Gasteiger partial charge in [0, 0.05) is 0 Å². The van der Waals surface area contributed by atoms with Gasteiger partial charge in [-0.15, -0.1) is 0 Å². The van der Waals surface area contributed by atoms with Crippen LogP contribution in [0.15, 0.2) is 109 Å². The zero-order valence-electron chi connectivity index (χ0n) is 22.1. The molecule has 1 heterocycles. The number of amides is 1. The zero-order chi connectivity index (χ0) is 26.3. The molecule has 0 saturated carbocycles. The number of aromatic nitrogens is 2. The molecule has 1 N–H and O–H groups in total. The van der Waals surface area contributed by atoms with E-state index < -0.39 is 5.54 Å². The average molecular weight is 490 g/mol. The molecule has 3 aromatic carbocycles. The van der Waals surface area contributed by atoms with Crippen molar-refractivity contribution in [2.75, 3.05) is 0 Å². The van der Waals surface area contributed by atoms with Gasteiger partial charge in [-0.2, -0.15) is 5.10 Å². The normalized spacial score (nSPS) is 12.2. The molecule has 4 aromatic rings. The number of benzene rings is 3. The molecule has 4 nitrogen and oxygen atoms in total. The molecule has 1 amide bonds. The van der Waals surface area contributed by atoms with Crippen LogP contribution in [-0.2, 0) is 12.0 Å². The monoisotopic (exact) mass is 489 g/mol. The first-order chi connectivity index (χ1) is 18.0. The summed E-state index contributed by atoms with van der Waals surface area (Å²) in [5.74, 6) is -0.145. The van der Waals surface area contributed by atoms with Crippen molar-refractivity contribution in [2.24, 2.45) is 0 Å². The van der Waals surface area contributed by atoms with E-state index in [0.717, 1.165) is 34.5 Å².